The molecule has 2 aromatic rings. The van der Waals surface area contributed by atoms with Crippen molar-refractivity contribution in [2.75, 3.05) is 24.5 Å². The molecule has 0 bridgehead atoms. The van der Waals surface area contributed by atoms with Crippen molar-refractivity contribution in [3.05, 3.63) is 59.8 Å². The zero-order valence-corrected chi connectivity index (χ0v) is 16.4. The molecular formula is C23H30N4O. The summed E-state index contributed by atoms with van der Waals surface area (Å²) < 4.78 is 0. The van der Waals surface area contributed by atoms with Crippen LogP contribution in [0.25, 0.3) is 0 Å². The molecule has 0 radical (unpaired) electrons. The van der Waals surface area contributed by atoms with Crippen LogP contribution in [0, 0.1) is 0 Å². The van der Waals surface area contributed by atoms with Gasteiger partial charge in [-0.3, -0.25) is 4.79 Å². The zero-order valence-electron chi connectivity index (χ0n) is 16.4. The first-order valence-corrected chi connectivity index (χ1v) is 10.6. The SMILES string of the molecule is O=C(NC1CCCCCC1)c1cccnc1N1CCNC(c2ccccc2)C1. The number of benzene rings is 1. The van der Waals surface area contributed by atoms with Gasteiger partial charge in [0.15, 0.2) is 0 Å². The molecule has 4 rings (SSSR count). The molecule has 148 valence electrons. The van der Waals surface area contributed by atoms with Crippen LogP contribution in [0.4, 0.5) is 5.82 Å². The van der Waals surface area contributed by atoms with Gasteiger partial charge in [-0.25, -0.2) is 4.98 Å². The molecule has 5 heteroatoms. The summed E-state index contributed by atoms with van der Waals surface area (Å²) in [6.45, 7) is 2.54. The molecule has 2 fully saturated rings. The van der Waals surface area contributed by atoms with Crippen molar-refractivity contribution in [2.45, 2.75) is 50.6 Å². The van der Waals surface area contributed by atoms with Crippen molar-refractivity contribution in [1.82, 2.24) is 15.6 Å². The smallest absolute Gasteiger partial charge is 0.255 e. The lowest BCUT2D eigenvalue weighted by molar-refractivity contribution is 0.0933. The van der Waals surface area contributed by atoms with Crippen LogP contribution < -0.4 is 15.5 Å². The predicted octanol–water partition coefficient (Wildman–Crippen LogP) is 3.69. The molecule has 5 nitrogen and oxygen atoms in total. The monoisotopic (exact) mass is 378 g/mol. The maximum atomic E-state index is 13.0. The van der Waals surface area contributed by atoms with Gasteiger partial charge in [0.05, 0.1) is 5.56 Å². The van der Waals surface area contributed by atoms with E-state index in [1.54, 1.807) is 6.20 Å². The Morgan fingerprint density at radius 2 is 1.82 bits per heavy atom. The Hall–Kier alpha value is -2.40. The van der Waals surface area contributed by atoms with E-state index in [2.05, 4.69) is 44.8 Å². The van der Waals surface area contributed by atoms with E-state index in [9.17, 15) is 4.79 Å². The number of anilines is 1. The summed E-state index contributed by atoms with van der Waals surface area (Å²) in [6.07, 6.45) is 8.95. The lowest BCUT2D eigenvalue weighted by Crippen LogP contribution is -2.47. The molecule has 1 aliphatic carbocycles. The summed E-state index contributed by atoms with van der Waals surface area (Å²) in [6, 6.07) is 14.8. The van der Waals surface area contributed by atoms with Gasteiger partial charge >= 0.3 is 0 Å². The number of nitrogens with zero attached hydrogens (tertiary/aromatic N) is 2. The number of carbonyl (C=O) groups is 1. The summed E-state index contributed by atoms with van der Waals surface area (Å²) in [5.41, 5.74) is 1.97. The van der Waals surface area contributed by atoms with Gasteiger partial charge in [0.2, 0.25) is 0 Å². The van der Waals surface area contributed by atoms with Crippen molar-refractivity contribution >= 4 is 11.7 Å². The second-order valence-corrected chi connectivity index (χ2v) is 7.90. The van der Waals surface area contributed by atoms with Crippen LogP contribution in [0.2, 0.25) is 0 Å². The van der Waals surface area contributed by atoms with Crippen LogP contribution in [0.15, 0.2) is 48.7 Å². The number of nitrogens with one attached hydrogen (secondary N) is 2. The highest BCUT2D eigenvalue weighted by Crippen LogP contribution is 2.24. The number of rotatable bonds is 4. The molecule has 1 amide bonds. The second kappa shape index (κ2) is 9.20. The second-order valence-electron chi connectivity index (χ2n) is 7.90. The van der Waals surface area contributed by atoms with Crippen molar-refractivity contribution in [3.63, 3.8) is 0 Å². The number of amides is 1. The first-order valence-electron chi connectivity index (χ1n) is 10.6. The minimum absolute atomic E-state index is 0.0183. The van der Waals surface area contributed by atoms with Crippen molar-refractivity contribution < 1.29 is 4.79 Å². The zero-order chi connectivity index (χ0) is 19.2. The maximum absolute atomic E-state index is 13.0. The molecule has 1 saturated heterocycles. The number of aromatic nitrogens is 1. The lowest BCUT2D eigenvalue weighted by Gasteiger charge is -2.35. The molecule has 1 saturated carbocycles. The minimum atomic E-state index is 0.0183. The summed E-state index contributed by atoms with van der Waals surface area (Å²) in [5.74, 6) is 0.820. The standard InChI is InChI=1S/C23H30N4O/c28-23(26-19-11-6-1-2-7-12-19)20-13-8-14-25-22(20)27-16-15-24-21(17-27)18-9-4-3-5-10-18/h3-5,8-10,13-14,19,21,24H,1-2,6-7,11-12,15-17H2,(H,26,28). The van der Waals surface area contributed by atoms with E-state index in [1.165, 1.54) is 31.2 Å². The van der Waals surface area contributed by atoms with Gasteiger partial charge in [-0.1, -0.05) is 56.0 Å². The van der Waals surface area contributed by atoms with E-state index in [0.29, 0.717) is 11.6 Å². The Morgan fingerprint density at radius 1 is 1.04 bits per heavy atom. The number of carbonyl (C=O) groups excluding carboxylic acids is 1. The Morgan fingerprint density at radius 3 is 2.61 bits per heavy atom. The molecule has 1 aliphatic heterocycles. The molecule has 2 heterocycles. The van der Waals surface area contributed by atoms with Crippen LogP contribution in [-0.2, 0) is 0 Å². The van der Waals surface area contributed by atoms with Crippen molar-refractivity contribution in [3.8, 4) is 0 Å². The van der Waals surface area contributed by atoms with Gasteiger partial charge in [0.1, 0.15) is 5.82 Å². The predicted molar refractivity (Wildman–Crippen MR) is 113 cm³/mol. The maximum Gasteiger partial charge on any atom is 0.255 e. The number of piperazine rings is 1. The number of pyridine rings is 1. The fraction of sp³-hybridized carbons (Fsp3) is 0.478. The molecule has 2 aliphatic rings. The third-order valence-corrected chi connectivity index (χ3v) is 5.90. The fourth-order valence-corrected chi connectivity index (χ4v) is 4.36. The van der Waals surface area contributed by atoms with Crippen LogP contribution in [0.1, 0.15) is 60.5 Å². The normalized spacial score (nSPS) is 21.1. The van der Waals surface area contributed by atoms with Crippen LogP contribution in [0.5, 0.6) is 0 Å². The minimum Gasteiger partial charge on any atom is -0.353 e. The number of hydrogen-bond acceptors (Lipinski definition) is 4. The summed E-state index contributed by atoms with van der Waals surface area (Å²) >= 11 is 0. The van der Waals surface area contributed by atoms with E-state index < -0.39 is 0 Å². The van der Waals surface area contributed by atoms with Gasteiger partial charge in [-0.2, -0.15) is 0 Å². The van der Waals surface area contributed by atoms with E-state index in [-0.39, 0.29) is 11.9 Å². The van der Waals surface area contributed by atoms with Gasteiger partial charge in [-0.15, -0.1) is 0 Å². The average molecular weight is 379 g/mol. The van der Waals surface area contributed by atoms with Crippen molar-refractivity contribution in [2.24, 2.45) is 0 Å². The van der Waals surface area contributed by atoms with Gasteiger partial charge < -0.3 is 15.5 Å². The fourth-order valence-electron chi connectivity index (χ4n) is 4.36. The lowest BCUT2D eigenvalue weighted by atomic mass is 10.0. The topological polar surface area (TPSA) is 57.3 Å². The van der Waals surface area contributed by atoms with Crippen LogP contribution in [0.3, 0.4) is 0 Å². The highest BCUT2D eigenvalue weighted by atomic mass is 16.1. The highest BCUT2D eigenvalue weighted by molar-refractivity contribution is 5.99. The van der Waals surface area contributed by atoms with Gasteiger partial charge in [0.25, 0.3) is 5.91 Å². The summed E-state index contributed by atoms with van der Waals surface area (Å²) in [4.78, 5) is 19.9. The summed E-state index contributed by atoms with van der Waals surface area (Å²) in [5, 5.41) is 6.86. The summed E-state index contributed by atoms with van der Waals surface area (Å²) in [7, 11) is 0. The molecule has 0 spiro atoms. The van der Waals surface area contributed by atoms with Crippen molar-refractivity contribution in [1.29, 1.82) is 0 Å². The van der Waals surface area contributed by atoms with E-state index in [4.69, 9.17) is 0 Å². The van der Waals surface area contributed by atoms with E-state index >= 15 is 0 Å². The Balaban J connectivity index is 1.49. The molecule has 28 heavy (non-hydrogen) atoms. The van der Waals surface area contributed by atoms with E-state index in [0.717, 1.165) is 38.3 Å². The first-order chi connectivity index (χ1) is 13.8. The first kappa shape index (κ1) is 18.9. The Bertz CT molecular complexity index is 771. The highest BCUT2D eigenvalue weighted by Gasteiger charge is 2.26. The number of hydrogen-bond donors (Lipinski definition) is 2. The molecule has 1 aromatic carbocycles. The average Bonchev–Trinajstić information content (AvgIpc) is 3.03. The van der Waals surface area contributed by atoms with Gasteiger partial charge in [0, 0.05) is 37.9 Å². The van der Waals surface area contributed by atoms with E-state index in [1.807, 2.05) is 18.2 Å². The Labute approximate surface area is 167 Å². The molecular weight excluding hydrogens is 348 g/mol. The van der Waals surface area contributed by atoms with Crippen LogP contribution in [-0.4, -0.2) is 36.6 Å². The molecule has 2 N–H and O–H groups in total. The largest absolute Gasteiger partial charge is 0.353 e. The quantitative estimate of drug-likeness (QED) is 0.797. The van der Waals surface area contributed by atoms with Crippen LogP contribution >= 0.6 is 0 Å². The van der Waals surface area contributed by atoms with Gasteiger partial charge in [-0.05, 0) is 30.5 Å². The Kier molecular flexibility index (Phi) is 6.22. The third kappa shape index (κ3) is 4.53. The molecule has 1 aromatic heterocycles. The molecule has 1 atom stereocenters. The molecule has 1 unspecified atom stereocenters. The third-order valence-electron chi connectivity index (χ3n) is 5.90.